The van der Waals surface area contributed by atoms with Crippen molar-refractivity contribution in [3.63, 3.8) is 0 Å². The van der Waals surface area contributed by atoms with E-state index in [1.54, 1.807) is 54.6 Å². The minimum atomic E-state index is -0.294. The number of fused-ring (bicyclic) bond motifs is 3. The lowest BCUT2D eigenvalue weighted by molar-refractivity contribution is 0.612. The van der Waals surface area contributed by atoms with E-state index in [1.165, 1.54) is 0 Å². The number of rotatable bonds is 3. The van der Waals surface area contributed by atoms with E-state index in [9.17, 15) is 21.0 Å². The van der Waals surface area contributed by atoms with Crippen LogP contribution in [-0.4, -0.2) is 19.9 Å². The van der Waals surface area contributed by atoms with Crippen LogP contribution in [0.4, 0.5) is 0 Å². The zero-order chi connectivity index (χ0) is 29.5. The Morgan fingerprint density at radius 3 is 2.02 bits per heavy atom. The van der Waals surface area contributed by atoms with Crippen molar-refractivity contribution in [1.82, 2.24) is 19.9 Å². The molecule has 3 aromatic carbocycles. The van der Waals surface area contributed by atoms with Gasteiger partial charge in [-0.25, -0.2) is 39.9 Å². The largest absolute Gasteiger partial charge is 0.434 e. The summed E-state index contributed by atoms with van der Waals surface area (Å²) < 4.78 is 5.91. The lowest BCUT2D eigenvalue weighted by Gasteiger charge is -2.07. The van der Waals surface area contributed by atoms with Gasteiger partial charge in [0, 0.05) is 5.56 Å². The van der Waals surface area contributed by atoms with Crippen molar-refractivity contribution >= 4 is 16.7 Å². The molecule has 0 atom stereocenters. The predicted octanol–water partition coefficient (Wildman–Crippen LogP) is 1.88. The van der Waals surface area contributed by atoms with E-state index in [0.29, 0.717) is 27.2 Å². The fraction of sp³-hybridized carbons (Fsp3) is 0. The van der Waals surface area contributed by atoms with Crippen molar-refractivity contribution in [1.29, 1.82) is 21.0 Å². The van der Waals surface area contributed by atoms with Gasteiger partial charge in [-0.1, -0.05) is 24.3 Å². The van der Waals surface area contributed by atoms with E-state index in [-0.39, 0.29) is 62.6 Å². The quantitative estimate of drug-likeness (QED) is 0.298. The maximum atomic E-state index is 10.2. The molecule has 43 heavy (non-hydrogen) atoms. The molecule has 0 spiro atoms. The average Bonchev–Trinajstić information content (AvgIpc) is 3.78. The first-order valence-corrected chi connectivity index (χ1v) is 12.4. The zero-order valence-corrected chi connectivity index (χ0v) is 21.5. The molecule has 0 unspecified atom stereocenters. The third-order valence-electron chi connectivity index (χ3n) is 6.41. The molecular weight excluding hydrogens is 544 g/mol. The first-order valence-electron chi connectivity index (χ1n) is 12.4. The number of hydrogen-bond acceptors (Lipinski definition) is 13. The smallest absolute Gasteiger partial charge is 0.266 e. The summed E-state index contributed by atoms with van der Waals surface area (Å²) in [4.78, 5) is 35.5. The molecule has 0 saturated heterocycles. The Morgan fingerprint density at radius 2 is 1.33 bits per heavy atom. The third kappa shape index (κ3) is 4.07. The fourth-order valence-corrected chi connectivity index (χ4v) is 4.45. The molecule has 4 heterocycles. The highest BCUT2D eigenvalue weighted by molar-refractivity contribution is 5.79. The average molecular weight is 554 g/mol. The van der Waals surface area contributed by atoms with Gasteiger partial charge in [-0.05, 0) is 36.4 Å². The van der Waals surface area contributed by atoms with Crippen LogP contribution in [0.25, 0.3) is 39.8 Å². The number of nitriles is 4. The summed E-state index contributed by atoms with van der Waals surface area (Å²) in [5.74, 6) is 0.0274. The maximum Gasteiger partial charge on any atom is 0.266 e. The Balaban J connectivity index is 1.50. The van der Waals surface area contributed by atoms with Crippen LogP contribution in [0.15, 0.2) is 102 Å². The highest BCUT2D eigenvalue weighted by atomic mass is 16.3. The number of allylic oxidation sites excluding steroid dienone is 2. The van der Waals surface area contributed by atoms with E-state index < -0.39 is 0 Å². The minimum absolute atomic E-state index is 0.00269. The predicted molar refractivity (Wildman–Crippen MR) is 145 cm³/mol. The summed E-state index contributed by atoms with van der Waals surface area (Å²) in [5, 5.41) is 40.5. The second-order valence-electron chi connectivity index (χ2n) is 8.93. The molecular formula is C30H10N12O. The zero-order valence-electron chi connectivity index (χ0n) is 21.5. The van der Waals surface area contributed by atoms with Crippen LogP contribution in [0.3, 0.4) is 0 Å². The molecule has 0 aliphatic carbocycles. The van der Waals surface area contributed by atoms with Crippen molar-refractivity contribution in [2.45, 2.75) is 0 Å². The molecule has 7 rings (SSSR count). The lowest BCUT2D eigenvalue weighted by atomic mass is 10.1. The molecule has 2 aliphatic heterocycles. The minimum Gasteiger partial charge on any atom is -0.434 e. The number of nitrogens with zero attached hydrogens (tertiary/aromatic N) is 12. The number of benzene rings is 3. The third-order valence-corrected chi connectivity index (χ3v) is 6.41. The van der Waals surface area contributed by atoms with E-state index in [1.807, 2.05) is 18.2 Å². The topological polar surface area (TPSA) is 209 Å². The summed E-state index contributed by atoms with van der Waals surface area (Å²) in [6.45, 7) is 0. The molecule has 0 N–H and O–H groups in total. The van der Waals surface area contributed by atoms with Crippen molar-refractivity contribution in [3.05, 3.63) is 111 Å². The highest BCUT2D eigenvalue weighted by Crippen LogP contribution is 2.27. The van der Waals surface area contributed by atoms with Gasteiger partial charge in [0.25, 0.3) is 5.89 Å². The van der Waals surface area contributed by atoms with Crippen LogP contribution in [0.5, 0.6) is 0 Å². The Labute approximate surface area is 240 Å². The molecule has 0 radical (unpaired) electrons. The van der Waals surface area contributed by atoms with Crippen molar-refractivity contribution in [2.75, 3.05) is 0 Å². The van der Waals surface area contributed by atoms with Gasteiger partial charge in [0.05, 0.1) is 21.6 Å². The van der Waals surface area contributed by atoms with Gasteiger partial charge in [0.15, 0.2) is 34.4 Å². The van der Waals surface area contributed by atoms with Crippen LogP contribution in [-0.2, 0) is 0 Å². The number of para-hydroxylation sites is 4. The summed E-state index contributed by atoms with van der Waals surface area (Å²) in [6, 6.07) is 25.1. The molecule has 2 aromatic heterocycles. The number of oxazole rings is 1. The fourth-order valence-electron chi connectivity index (χ4n) is 4.45. The van der Waals surface area contributed by atoms with Crippen molar-refractivity contribution in [2.24, 2.45) is 20.0 Å². The van der Waals surface area contributed by atoms with Crippen LogP contribution in [0, 0.1) is 45.3 Å². The van der Waals surface area contributed by atoms with Crippen molar-refractivity contribution in [3.8, 4) is 47.4 Å². The SMILES string of the molecule is N#CC(C#N)=C1N=c2ccc(-c3nc(C(C#N)=C4N=c5ccccc5=N4)nc(-c4nc5ccccc5o4)n3)c(C#N)c2=N1. The van der Waals surface area contributed by atoms with Gasteiger partial charge < -0.3 is 4.42 Å². The summed E-state index contributed by atoms with van der Waals surface area (Å²) in [7, 11) is 0. The molecule has 0 amide bonds. The van der Waals surface area contributed by atoms with Gasteiger partial charge in [0.1, 0.15) is 40.7 Å². The van der Waals surface area contributed by atoms with E-state index >= 15 is 0 Å². The van der Waals surface area contributed by atoms with Crippen LogP contribution in [0.2, 0.25) is 0 Å². The Kier molecular flexibility index (Phi) is 5.63. The van der Waals surface area contributed by atoms with Gasteiger partial charge in [0.2, 0.25) is 5.82 Å². The van der Waals surface area contributed by atoms with Gasteiger partial charge >= 0.3 is 0 Å². The van der Waals surface area contributed by atoms with E-state index in [4.69, 9.17) is 4.42 Å². The Bertz CT molecular complexity index is 2480. The summed E-state index contributed by atoms with van der Waals surface area (Å²) in [5.41, 5.74) is 1.02. The monoisotopic (exact) mass is 554 g/mol. The standard InChI is InChI=1S/C30H10N12O/c31-11-15(12-32)25-37-22-10-9-16(17(13-33)24(22)39-25)26-40-28(18(14-34)27-35-19-5-1-2-6-20(19)36-27)42-29(41-26)30-38-21-7-3-4-8-23(21)43-30/h1-10H. The molecule has 0 saturated carbocycles. The van der Waals surface area contributed by atoms with Gasteiger partial charge in [-0.2, -0.15) is 21.0 Å². The van der Waals surface area contributed by atoms with Gasteiger partial charge in [-0.3, -0.25) is 0 Å². The summed E-state index contributed by atoms with van der Waals surface area (Å²) in [6.07, 6.45) is 0. The molecule has 0 bridgehead atoms. The van der Waals surface area contributed by atoms with E-state index in [0.717, 1.165) is 0 Å². The summed E-state index contributed by atoms with van der Waals surface area (Å²) >= 11 is 0. The molecule has 0 fully saturated rings. The first kappa shape index (κ1) is 24.8. The maximum absolute atomic E-state index is 10.2. The second-order valence-corrected chi connectivity index (χ2v) is 8.93. The lowest BCUT2D eigenvalue weighted by Crippen LogP contribution is -2.25. The highest BCUT2D eigenvalue weighted by Gasteiger charge is 2.23. The van der Waals surface area contributed by atoms with Crippen molar-refractivity contribution < 1.29 is 4.42 Å². The Morgan fingerprint density at radius 1 is 0.628 bits per heavy atom. The second kappa shape index (κ2) is 9.76. The molecule has 2 aliphatic rings. The van der Waals surface area contributed by atoms with E-state index in [2.05, 4.69) is 52.0 Å². The first-order chi connectivity index (χ1) is 21.1. The number of hydrogen-bond donors (Lipinski definition) is 0. The molecule has 13 heteroatoms. The van der Waals surface area contributed by atoms with Crippen LogP contribution in [0.1, 0.15) is 11.4 Å². The van der Waals surface area contributed by atoms with Gasteiger partial charge in [-0.15, -0.1) is 0 Å². The van der Waals surface area contributed by atoms with Crippen LogP contribution >= 0.6 is 0 Å². The molecule has 13 nitrogen and oxygen atoms in total. The molecule has 196 valence electrons. The number of aromatic nitrogens is 4. The van der Waals surface area contributed by atoms with Crippen LogP contribution < -0.4 is 21.4 Å². The normalized spacial score (nSPS) is 12.3. The Hall–Kier alpha value is -7.22. The molecule has 5 aromatic rings.